The van der Waals surface area contributed by atoms with Gasteiger partial charge in [-0.25, -0.2) is 4.39 Å². The average Bonchev–Trinajstić information content (AvgIpc) is 2.76. The van der Waals surface area contributed by atoms with Crippen LogP contribution in [0.3, 0.4) is 0 Å². The fourth-order valence-corrected chi connectivity index (χ4v) is 4.81. The molecule has 2 aliphatic rings. The first kappa shape index (κ1) is 21.8. The van der Waals surface area contributed by atoms with E-state index >= 15 is 0 Å². The van der Waals surface area contributed by atoms with E-state index in [4.69, 9.17) is 4.74 Å². The van der Waals surface area contributed by atoms with Crippen molar-refractivity contribution in [2.24, 2.45) is 5.92 Å². The highest BCUT2D eigenvalue weighted by Crippen LogP contribution is 2.46. The highest BCUT2D eigenvalue weighted by molar-refractivity contribution is 5.77. The highest BCUT2D eigenvalue weighted by Gasteiger charge is 2.43. The Morgan fingerprint density at radius 1 is 1.16 bits per heavy atom. The third-order valence-corrected chi connectivity index (χ3v) is 6.53. The van der Waals surface area contributed by atoms with Crippen molar-refractivity contribution < 1.29 is 13.9 Å². The molecule has 4 rings (SSSR count). The lowest BCUT2D eigenvalue weighted by Crippen LogP contribution is -2.50. The minimum Gasteiger partial charge on any atom is -0.487 e. The minimum atomic E-state index is -0.212. The van der Waals surface area contributed by atoms with Crippen LogP contribution in [0.1, 0.15) is 56.6 Å². The summed E-state index contributed by atoms with van der Waals surface area (Å²) >= 11 is 0. The molecular weight excluding hydrogens is 391 g/mol. The molecule has 2 aromatic rings. The predicted molar refractivity (Wildman–Crippen MR) is 121 cm³/mol. The number of carbonyl (C=O) groups is 1. The second-order valence-electron chi connectivity index (χ2n) is 9.53. The zero-order valence-electron chi connectivity index (χ0n) is 18.6. The van der Waals surface area contributed by atoms with Gasteiger partial charge in [0.25, 0.3) is 0 Å². The summed E-state index contributed by atoms with van der Waals surface area (Å²) in [5.41, 5.74) is 2.07. The lowest BCUT2D eigenvalue weighted by molar-refractivity contribution is -0.122. The lowest BCUT2D eigenvalue weighted by Gasteiger charge is -2.47. The van der Waals surface area contributed by atoms with Gasteiger partial charge in [-0.2, -0.15) is 0 Å². The van der Waals surface area contributed by atoms with Crippen molar-refractivity contribution in [1.29, 1.82) is 0 Å². The van der Waals surface area contributed by atoms with E-state index in [0.717, 1.165) is 55.8 Å². The summed E-state index contributed by atoms with van der Waals surface area (Å²) in [4.78, 5) is 15.0. The highest BCUT2D eigenvalue weighted by atomic mass is 19.1. The number of rotatable bonds is 6. The Morgan fingerprint density at radius 3 is 2.58 bits per heavy atom. The molecule has 1 saturated heterocycles. The van der Waals surface area contributed by atoms with Crippen LogP contribution in [0.25, 0.3) is 0 Å². The molecule has 1 unspecified atom stereocenters. The first-order chi connectivity index (χ1) is 14.9. The van der Waals surface area contributed by atoms with Gasteiger partial charge < -0.3 is 10.1 Å². The molecule has 2 heterocycles. The summed E-state index contributed by atoms with van der Waals surface area (Å²) in [7, 11) is 0. The van der Waals surface area contributed by atoms with Crippen LogP contribution in [-0.2, 0) is 11.3 Å². The summed E-state index contributed by atoms with van der Waals surface area (Å²) in [5.74, 6) is 1.49. The molecular formula is C26H33FN2O2. The third-order valence-electron chi connectivity index (χ3n) is 6.53. The minimum absolute atomic E-state index is 0.124. The van der Waals surface area contributed by atoms with E-state index in [9.17, 15) is 9.18 Å². The number of piperidine rings is 1. The van der Waals surface area contributed by atoms with Crippen molar-refractivity contribution in [2.45, 2.75) is 57.6 Å². The van der Waals surface area contributed by atoms with Crippen molar-refractivity contribution in [3.05, 3.63) is 65.5 Å². The van der Waals surface area contributed by atoms with Crippen LogP contribution >= 0.6 is 0 Å². The lowest BCUT2D eigenvalue weighted by atomic mass is 9.76. The van der Waals surface area contributed by atoms with Gasteiger partial charge in [0.15, 0.2) is 0 Å². The summed E-state index contributed by atoms with van der Waals surface area (Å²) in [6.07, 6.45) is 3.26. The number of nitrogens with one attached hydrogen (secondary N) is 1. The van der Waals surface area contributed by atoms with Crippen molar-refractivity contribution in [1.82, 2.24) is 10.2 Å². The van der Waals surface area contributed by atoms with E-state index in [1.807, 2.05) is 30.3 Å². The topological polar surface area (TPSA) is 41.6 Å². The Hall–Kier alpha value is -2.40. The van der Waals surface area contributed by atoms with Crippen molar-refractivity contribution in [3.63, 3.8) is 0 Å². The van der Waals surface area contributed by atoms with Crippen LogP contribution in [0.4, 0.5) is 4.39 Å². The van der Waals surface area contributed by atoms with Gasteiger partial charge in [0, 0.05) is 38.5 Å². The van der Waals surface area contributed by atoms with Gasteiger partial charge in [0.2, 0.25) is 5.91 Å². The van der Waals surface area contributed by atoms with Crippen molar-refractivity contribution >= 4 is 5.91 Å². The second-order valence-corrected chi connectivity index (χ2v) is 9.53. The molecule has 2 aliphatic heterocycles. The molecule has 1 atom stereocenters. The number of hydrogen-bond donors (Lipinski definition) is 1. The number of amides is 1. The Bertz CT molecular complexity index is 889. The van der Waals surface area contributed by atoms with E-state index in [2.05, 4.69) is 30.1 Å². The van der Waals surface area contributed by atoms with Crippen LogP contribution in [0.15, 0.2) is 48.5 Å². The molecule has 31 heavy (non-hydrogen) atoms. The van der Waals surface area contributed by atoms with Gasteiger partial charge in [0.05, 0.1) is 0 Å². The van der Waals surface area contributed by atoms with Crippen molar-refractivity contribution in [3.8, 4) is 5.75 Å². The molecule has 0 aliphatic carbocycles. The molecule has 0 aromatic heterocycles. The Balaban J connectivity index is 1.42. The van der Waals surface area contributed by atoms with E-state index in [-0.39, 0.29) is 23.2 Å². The first-order valence-corrected chi connectivity index (χ1v) is 11.4. The zero-order valence-corrected chi connectivity index (χ0v) is 18.6. The van der Waals surface area contributed by atoms with Crippen LogP contribution < -0.4 is 10.1 Å². The van der Waals surface area contributed by atoms with Gasteiger partial charge in [-0.15, -0.1) is 0 Å². The Labute approximate surface area is 184 Å². The number of nitrogens with zero attached hydrogens (tertiary/aromatic N) is 1. The van der Waals surface area contributed by atoms with Crippen LogP contribution in [0, 0.1) is 11.7 Å². The Morgan fingerprint density at radius 2 is 1.87 bits per heavy atom. The Kier molecular flexibility index (Phi) is 6.61. The summed E-state index contributed by atoms with van der Waals surface area (Å²) < 4.78 is 19.8. The number of hydrogen-bond acceptors (Lipinski definition) is 3. The van der Waals surface area contributed by atoms with Gasteiger partial charge >= 0.3 is 0 Å². The number of likely N-dealkylation sites (tertiary alicyclic amines) is 1. The molecule has 5 heteroatoms. The fraction of sp³-hybridized carbons (Fsp3) is 0.500. The zero-order chi connectivity index (χ0) is 21.8. The van der Waals surface area contributed by atoms with Gasteiger partial charge in [0.1, 0.15) is 17.2 Å². The maximum atomic E-state index is 13.2. The third kappa shape index (κ3) is 5.45. The second kappa shape index (κ2) is 9.39. The van der Waals surface area contributed by atoms with Gasteiger partial charge in [-0.3, -0.25) is 9.69 Å². The molecule has 0 bridgehead atoms. The number of ether oxygens (including phenoxy) is 1. The molecule has 166 valence electrons. The largest absolute Gasteiger partial charge is 0.487 e. The maximum Gasteiger partial charge on any atom is 0.220 e. The number of para-hydroxylation sites is 1. The molecule has 1 fully saturated rings. The van der Waals surface area contributed by atoms with E-state index < -0.39 is 0 Å². The monoisotopic (exact) mass is 424 g/mol. The predicted octanol–water partition coefficient (Wildman–Crippen LogP) is 4.89. The molecule has 0 saturated carbocycles. The molecule has 2 aromatic carbocycles. The van der Waals surface area contributed by atoms with E-state index in [0.29, 0.717) is 18.9 Å². The summed E-state index contributed by atoms with van der Waals surface area (Å²) in [6.45, 7) is 7.64. The molecule has 4 nitrogen and oxygen atoms in total. The average molecular weight is 425 g/mol. The maximum absolute atomic E-state index is 13.2. The SMILES string of the molecule is CC(C)CNC(=O)CC1CC2(CCN(Cc3ccc(F)cc3)CC2)Oc2ccccc21. The normalized spacial score (nSPS) is 20.3. The molecule has 0 radical (unpaired) electrons. The number of fused-ring (bicyclic) bond motifs is 1. The van der Waals surface area contributed by atoms with Crippen molar-refractivity contribution in [2.75, 3.05) is 19.6 Å². The fourth-order valence-electron chi connectivity index (χ4n) is 4.81. The quantitative estimate of drug-likeness (QED) is 0.718. The van der Waals surface area contributed by atoms with Gasteiger partial charge in [-0.05, 0) is 54.5 Å². The molecule has 1 spiro atoms. The molecule has 1 N–H and O–H groups in total. The smallest absolute Gasteiger partial charge is 0.220 e. The van der Waals surface area contributed by atoms with E-state index in [1.165, 1.54) is 12.1 Å². The van der Waals surface area contributed by atoms with Crippen LogP contribution in [-0.4, -0.2) is 36.0 Å². The standard InChI is InChI=1S/C26H33FN2O2/c1-19(2)17-28-25(30)15-21-16-26(31-24-6-4-3-5-23(21)24)11-13-29(14-12-26)18-20-7-9-22(27)10-8-20/h3-10,19,21H,11-18H2,1-2H3,(H,28,30). The number of carbonyl (C=O) groups excluding carboxylic acids is 1. The molecule has 1 amide bonds. The number of benzene rings is 2. The van der Waals surface area contributed by atoms with Crippen LogP contribution in [0.5, 0.6) is 5.75 Å². The summed E-state index contributed by atoms with van der Waals surface area (Å²) in [5, 5.41) is 3.08. The number of halogens is 1. The van der Waals surface area contributed by atoms with Crippen LogP contribution in [0.2, 0.25) is 0 Å². The van der Waals surface area contributed by atoms with E-state index in [1.54, 1.807) is 0 Å². The summed E-state index contributed by atoms with van der Waals surface area (Å²) in [6, 6.07) is 15.0. The van der Waals surface area contributed by atoms with Gasteiger partial charge in [-0.1, -0.05) is 44.2 Å². The first-order valence-electron chi connectivity index (χ1n) is 11.4.